The van der Waals surface area contributed by atoms with Crippen molar-refractivity contribution in [3.8, 4) is 0 Å². The van der Waals surface area contributed by atoms with Crippen LogP contribution in [0, 0.1) is 0 Å². The van der Waals surface area contributed by atoms with E-state index in [2.05, 4.69) is 11.9 Å². The molecule has 0 aliphatic carbocycles. The molecule has 0 heterocycles. The van der Waals surface area contributed by atoms with Crippen LogP contribution in [0.4, 0.5) is 4.79 Å². The van der Waals surface area contributed by atoms with Crippen molar-refractivity contribution in [2.24, 2.45) is 5.73 Å². The predicted molar refractivity (Wildman–Crippen MR) is 65.1 cm³/mol. The molecular weight excluding hydrogens is 238 g/mol. The molecule has 0 aromatic rings. The van der Waals surface area contributed by atoms with Gasteiger partial charge in [-0.25, -0.2) is 9.59 Å². The van der Waals surface area contributed by atoms with Crippen LogP contribution in [0.15, 0.2) is 12.2 Å². The summed E-state index contributed by atoms with van der Waals surface area (Å²) in [6, 6.07) is -1.74. The highest BCUT2D eigenvalue weighted by atomic mass is 16.7. The highest BCUT2D eigenvalue weighted by molar-refractivity contribution is 5.88. The lowest BCUT2D eigenvalue weighted by Gasteiger charge is -2.30. The van der Waals surface area contributed by atoms with E-state index in [1.165, 1.54) is 13.8 Å². The molecule has 7 heteroatoms. The first kappa shape index (κ1) is 16.0. The fourth-order valence-corrected chi connectivity index (χ4v) is 1.15. The lowest BCUT2D eigenvalue weighted by atomic mass is 10.1. The fourth-order valence-electron chi connectivity index (χ4n) is 1.15. The van der Waals surface area contributed by atoms with Crippen LogP contribution in [0.5, 0.6) is 0 Å². The van der Waals surface area contributed by atoms with Gasteiger partial charge in [-0.3, -0.25) is 4.79 Å². The number of rotatable bonds is 4. The number of urea groups is 1. The Morgan fingerprint density at radius 3 is 2.11 bits per heavy atom. The zero-order valence-electron chi connectivity index (χ0n) is 11.0. The van der Waals surface area contributed by atoms with Crippen LogP contribution in [0.25, 0.3) is 0 Å². The summed E-state index contributed by atoms with van der Waals surface area (Å²) in [5, 5.41) is 3.30. The van der Waals surface area contributed by atoms with Crippen LogP contribution in [0.3, 0.4) is 0 Å². The van der Waals surface area contributed by atoms with Gasteiger partial charge in [-0.1, -0.05) is 6.58 Å². The minimum absolute atomic E-state index is 0.170. The molecule has 0 radical (unpaired) electrons. The van der Waals surface area contributed by atoms with E-state index in [1.807, 2.05) is 0 Å². The SMILES string of the molecule is C=C(C)C(=O)ON(C(C)=O)C(C)C(C)NC(N)=O. The third-order valence-electron chi connectivity index (χ3n) is 2.30. The molecule has 0 saturated carbocycles. The fraction of sp³-hybridized carbons (Fsp3) is 0.545. The summed E-state index contributed by atoms with van der Waals surface area (Å²) in [5.41, 5.74) is 5.15. The van der Waals surface area contributed by atoms with Gasteiger partial charge in [0.05, 0.1) is 12.1 Å². The van der Waals surface area contributed by atoms with E-state index in [4.69, 9.17) is 10.6 Å². The topological polar surface area (TPSA) is 102 Å². The van der Waals surface area contributed by atoms with Crippen molar-refractivity contribution in [1.29, 1.82) is 0 Å². The standard InChI is InChI=1S/C11H19N3O4/c1-6(2)10(16)18-14(9(5)15)8(4)7(3)13-11(12)17/h7-8H,1H2,2-5H3,(H3,12,13,17). The molecule has 0 bridgehead atoms. The van der Waals surface area contributed by atoms with Gasteiger partial charge in [-0.05, 0) is 20.8 Å². The highest BCUT2D eigenvalue weighted by Crippen LogP contribution is 2.08. The van der Waals surface area contributed by atoms with E-state index in [0.717, 1.165) is 5.06 Å². The van der Waals surface area contributed by atoms with Gasteiger partial charge in [0.25, 0.3) is 5.91 Å². The second-order valence-electron chi connectivity index (χ2n) is 4.04. The molecule has 0 rings (SSSR count). The first-order valence-electron chi connectivity index (χ1n) is 5.40. The van der Waals surface area contributed by atoms with Crippen molar-refractivity contribution in [2.45, 2.75) is 39.8 Å². The average molecular weight is 257 g/mol. The van der Waals surface area contributed by atoms with Gasteiger partial charge in [0.15, 0.2) is 0 Å². The van der Waals surface area contributed by atoms with Gasteiger partial charge >= 0.3 is 12.0 Å². The van der Waals surface area contributed by atoms with Crippen molar-refractivity contribution < 1.29 is 19.2 Å². The largest absolute Gasteiger partial charge is 0.358 e. The molecular formula is C11H19N3O4. The molecule has 3 amide bonds. The quantitative estimate of drug-likeness (QED) is 0.559. The number of primary amides is 1. The van der Waals surface area contributed by atoms with Gasteiger partial charge in [-0.2, -0.15) is 5.06 Å². The summed E-state index contributed by atoms with van der Waals surface area (Å²) in [6.45, 7) is 9.39. The Labute approximate surface area is 106 Å². The Kier molecular flexibility index (Phi) is 5.87. The van der Waals surface area contributed by atoms with Gasteiger partial charge in [0.2, 0.25) is 0 Å². The smallest absolute Gasteiger partial charge is 0.352 e. The second-order valence-corrected chi connectivity index (χ2v) is 4.04. The molecule has 102 valence electrons. The zero-order chi connectivity index (χ0) is 14.5. The van der Waals surface area contributed by atoms with Crippen molar-refractivity contribution in [3.63, 3.8) is 0 Å². The predicted octanol–water partition coefficient (Wildman–Crippen LogP) is 0.315. The van der Waals surface area contributed by atoms with E-state index < -0.39 is 30.0 Å². The molecule has 2 atom stereocenters. The Morgan fingerprint density at radius 1 is 1.28 bits per heavy atom. The number of carbonyl (C=O) groups excluding carboxylic acids is 3. The molecule has 0 aromatic carbocycles. The number of amides is 3. The van der Waals surface area contributed by atoms with Gasteiger partial charge in [-0.15, -0.1) is 0 Å². The van der Waals surface area contributed by atoms with E-state index in [9.17, 15) is 14.4 Å². The summed E-state index contributed by atoms with van der Waals surface area (Å²) in [5.74, 6) is -1.17. The maximum absolute atomic E-state index is 11.4. The maximum Gasteiger partial charge on any atom is 0.358 e. The summed E-state index contributed by atoms with van der Waals surface area (Å²) in [4.78, 5) is 38.4. The first-order valence-corrected chi connectivity index (χ1v) is 5.40. The van der Waals surface area contributed by atoms with Crippen LogP contribution in [0.2, 0.25) is 0 Å². The van der Waals surface area contributed by atoms with Gasteiger partial charge < -0.3 is 15.9 Å². The number of hydrogen-bond donors (Lipinski definition) is 2. The Hall–Kier alpha value is -2.05. The Balaban J connectivity index is 4.79. The molecule has 0 saturated heterocycles. The summed E-state index contributed by atoms with van der Waals surface area (Å²) in [7, 11) is 0. The van der Waals surface area contributed by atoms with Crippen LogP contribution in [-0.4, -0.2) is 35.1 Å². The molecule has 0 spiro atoms. The third kappa shape index (κ3) is 4.86. The maximum atomic E-state index is 11.4. The molecule has 2 unspecified atom stereocenters. The van der Waals surface area contributed by atoms with Crippen molar-refractivity contribution in [3.05, 3.63) is 12.2 Å². The molecule has 0 aliphatic rings. The first-order chi connectivity index (χ1) is 8.16. The zero-order valence-corrected chi connectivity index (χ0v) is 11.0. The van der Waals surface area contributed by atoms with E-state index in [0.29, 0.717) is 0 Å². The number of carbonyl (C=O) groups is 3. The molecule has 0 fully saturated rings. The number of hydroxylamine groups is 2. The monoisotopic (exact) mass is 257 g/mol. The lowest BCUT2D eigenvalue weighted by molar-refractivity contribution is -0.203. The molecule has 3 N–H and O–H groups in total. The van der Waals surface area contributed by atoms with Crippen molar-refractivity contribution in [1.82, 2.24) is 10.4 Å². The summed E-state index contributed by atoms with van der Waals surface area (Å²) >= 11 is 0. The number of hydrogen-bond acceptors (Lipinski definition) is 4. The van der Waals surface area contributed by atoms with Crippen LogP contribution in [0.1, 0.15) is 27.7 Å². The van der Waals surface area contributed by atoms with Crippen molar-refractivity contribution in [2.75, 3.05) is 0 Å². The third-order valence-corrected chi connectivity index (χ3v) is 2.30. The van der Waals surface area contributed by atoms with Gasteiger partial charge in [0, 0.05) is 12.5 Å². The molecule has 18 heavy (non-hydrogen) atoms. The minimum Gasteiger partial charge on any atom is -0.352 e. The molecule has 0 aliphatic heterocycles. The highest BCUT2D eigenvalue weighted by Gasteiger charge is 2.27. The number of nitrogens with zero attached hydrogens (tertiary/aromatic N) is 1. The lowest BCUT2D eigenvalue weighted by Crippen LogP contribution is -2.52. The normalized spacial score (nSPS) is 13.1. The van der Waals surface area contributed by atoms with Crippen molar-refractivity contribution >= 4 is 17.9 Å². The average Bonchev–Trinajstić information content (AvgIpc) is 2.22. The number of nitrogens with two attached hydrogens (primary N) is 1. The van der Waals surface area contributed by atoms with E-state index >= 15 is 0 Å². The molecule has 0 aromatic heterocycles. The second kappa shape index (κ2) is 6.63. The minimum atomic E-state index is -0.718. The van der Waals surface area contributed by atoms with Crippen LogP contribution < -0.4 is 11.1 Å². The van der Waals surface area contributed by atoms with Crippen LogP contribution in [-0.2, 0) is 14.4 Å². The summed E-state index contributed by atoms with van der Waals surface area (Å²) < 4.78 is 0. The molecule has 7 nitrogen and oxygen atoms in total. The van der Waals surface area contributed by atoms with E-state index in [1.54, 1.807) is 13.8 Å². The Morgan fingerprint density at radius 2 is 1.78 bits per heavy atom. The van der Waals surface area contributed by atoms with Crippen LogP contribution >= 0.6 is 0 Å². The Bertz CT molecular complexity index is 367. The van der Waals surface area contributed by atoms with Gasteiger partial charge in [0.1, 0.15) is 0 Å². The number of nitrogens with one attached hydrogen (secondary N) is 1. The summed E-state index contributed by atoms with van der Waals surface area (Å²) in [6.07, 6.45) is 0. The van der Waals surface area contributed by atoms with E-state index in [-0.39, 0.29) is 5.57 Å².